The highest BCUT2D eigenvalue weighted by atomic mass is 35.5. The summed E-state index contributed by atoms with van der Waals surface area (Å²) in [5.74, 6) is -0.220. The molecule has 2 aromatic carbocycles. The molecule has 0 amide bonds. The molecule has 0 aliphatic heterocycles. The van der Waals surface area contributed by atoms with E-state index in [0.29, 0.717) is 21.3 Å². The molecule has 0 bridgehead atoms. The summed E-state index contributed by atoms with van der Waals surface area (Å²) in [5.41, 5.74) is 3.23. The summed E-state index contributed by atoms with van der Waals surface area (Å²) in [6.45, 7) is 0. The predicted octanol–water partition coefficient (Wildman–Crippen LogP) is 4.92. The maximum atomic E-state index is 12.4. The van der Waals surface area contributed by atoms with E-state index >= 15 is 0 Å². The van der Waals surface area contributed by atoms with Gasteiger partial charge in [-0.2, -0.15) is 0 Å². The molecular weight excluding hydrogens is 391 g/mol. The molecule has 1 N–H and O–H groups in total. The molecule has 0 atom stereocenters. The highest BCUT2D eigenvalue weighted by Crippen LogP contribution is 2.23. The van der Waals surface area contributed by atoms with Crippen molar-refractivity contribution in [3.63, 3.8) is 0 Å². The summed E-state index contributed by atoms with van der Waals surface area (Å²) in [4.78, 5) is 3.99. The number of halogens is 2. The Balaban J connectivity index is 1.67. The fourth-order valence-electron chi connectivity index (χ4n) is 2.49. The number of hydrogen-bond acceptors (Lipinski definition) is 3. The van der Waals surface area contributed by atoms with Crippen molar-refractivity contribution < 1.29 is 8.42 Å². The lowest BCUT2D eigenvalue weighted by atomic mass is 10.1. The Hall–Kier alpha value is -2.08. The minimum atomic E-state index is -3.58. The zero-order chi connectivity index (χ0) is 18.6. The van der Waals surface area contributed by atoms with Gasteiger partial charge in [0.2, 0.25) is 10.0 Å². The van der Waals surface area contributed by atoms with Crippen molar-refractivity contribution in [1.29, 1.82) is 0 Å². The normalized spacial score (nSPS) is 11.3. The number of benzene rings is 2. The second kappa shape index (κ2) is 8.08. The van der Waals surface area contributed by atoms with Gasteiger partial charge in [0.25, 0.3) is 0 Å². The third-order valence-electron chi connectivity index (χ3n) is 3.75. The highest BCUT2D eigenvalue weighted by Gasteiger charge is 2.14. The lowest BCUT2D eigenvalue weighted by Crippen LogP contribution is -2.15. The van der Waals surface area contributed by atoms with E-state index in [4.69, 9.17) is 23.2 Å². The van der Waals surface area contributed by atoms with Crippen LogP contribution in [0.3, 0.4) is 0 Å². The van der Waals surface area contributed by atoms with Crippen LogP contribution in [0.5, 0.6) is 0 Å². The van der Waals surface area contributed by atoms with Crippen molar-refractivity contribution >= 4 is 38.9 Å². The number of hydrogen-bond donors (Lipinski definition) is 1. The van der Waals surface area contributed by atoms with Crippen LogP contribution in [0.15, 0.2) is 67.0 Å². The van der Waals surface area contributed by atoms with Crippen molar-refractivity contribution in [2.24, 2.45) is 0 Å². The van der Waals surface area contributed by atoms with Crippen molar-refractivity contribution in [1.82, 2.24) is 4.98 Å². The Morgan fingerprint density at radius 3 is 2.19 bits per heavy atom. The van der Waals surface area contributed by atoms with Crippen LogP contribution in [0, 0.1) is 0 Å². The molecule has 1 heterocycles. The Bertz CT molecular complexity index is 992. The first kappa shape index (κ1) is 18.7. The van der Waals surface area contributed by atoms with Crippen molar-refractivity contribution in [3.05, 3.63) is 93.7 Å². The van der Waals surface area contributed by atoms with E-state index in [1.54, 1.807) is 36.7 Å². The summed E-state index contributed by atoms with van der Waals surface area (Å²) in [5, 5.41) is 0.796. The molecule has 3 rings (SSSR count). The fraction of sp³-hybridized carbons (Fsp3) is 0.105. The van der Waals surface area contributed by atoms with Crippen molar-refractivity contribution in [2.45, 2.75) is 12.2 Å². The average Bonchev–Trinajstić information content (AvgIpc) is 2.60. The first-order valence-corrected chi connectivity index (χ1v) is 10.2. The molecule has 0 aliphatic carbocycles. The van der Waals surface area contributed by atoms with E-state index in [9.17, 15) is 8.42 Å². The van der Waals surface area contributed by atoms with Crippen molar-refractivity contribution in [2.75, 3.05) is 4.72 Å². The summed E-state index contributed by atoms with van der Waals surface area (Å²) >= 11 is 11.9. The first-order chi connectivity index (χ1) is 12.4. The number of nitrogens with one attached hydrogen (secondary N) is 1. The molecule has 134 valence electrons. The molecule has 4 nitrogen and oxygen atoms in total. The average molecular weight is 407 g/mol. The standard InChI is InChI=1S/C19H16Cl2N2O2S/c20-17-4-3-16(19(21)12-17)13-26(24,25)23-18-5-1-14(2-6-18)11-15-7-9-22-10-8-15/h1-10,12,23H,11,13H2. The van der Waals surface area contributed by atoms with Gasteiger partial charge in [-0.15, -0.1) is 0 Å². The van der Waals surface area contributed by atoms with Gasteiger partial charge < -0.3 is 0 Å². The van der Waals surface area contributed by atoms with Gasteiger partial charge in [0.05, 0.1) is 5.75 Å². The van der Waals surface area contributed by atoms with Gasteiger partial charge in [0, 0.05) is 28.1 Å². The Kier molecular flexibility index (Phi) is 5.81. The van der Waals surface area contributed by atoms with Gasteiger partial charge in [-0.1, -0.05) is 41.4 Å². The van der Waals surface area contributed by atoms with E-state index in [2.05, 4.69) is 9.71 Å². The molecule has 0 unspecified atom stereocenters. The highest BCUT2D eigenvalue weighted by molar-refractivity contribution is 7.91. The van der Waals surface area contributed by atoms with Crippen LogP contribution in [-0.4, -0.2) is 13.4 Å². The van der Waals surface area contributed by atoms with Crippen LogP contribution in [-0.2, 0) is 22.2 Å². The maximum absolute atomic E-state index is 12.4. The molecule has 0 aliphatic rings. The summed E-state index contributed by atoms with van der Waals surface area (Å²) in [6.07, 6.45) is 4.26. The smallest absolute Gasteiger partial charge is 0.236 e. The monoisotopic (exact) mass is 406 g/mol. The van der Waals surface area contributed by atoms with E-state index in [-0.39, 0.29) is 5.75 Å². The molecule has 0 spiro atoms. The SMILES string of the molecule is O=S(=O)(Cc1ccc(Cl)cc1Cl)Nc1ccc(Cc2ccncc2)cc1. The molecule has 1 aromatic heterocycles. The van der Waals surface area contributed by atoms with E-state index in [1.807, 2.05) is 24.3 Å². The number of nitrogens with zero attached hydrogens (tertiary/aromatic N) is 1. The molecule has 26 heavy (non-hydrogen) atoms. The number of rotatable bonds is 6. The molecule has 0 saturated heterocycles. The van der Waals surface area contributed by atoms with Gasteiger partial charge in [0.15, 0.2) is 0 Å². The molecule has 3 aromatic rings. The minimum absolute atomic E-state index is 0.220. The van der Waals surface area contributed by atoms with Gasteiger partial charge >= 0.3 is 0 Å². The first-order valence-electron chi connectivity index (χ1n) is 7.83. The number of sulfonamides is 1. The summed E-state index contributed by atoms with van der Waals surface area (Å²) in [6, 6.07) is 15.9. The van der Waals surface area contributed by atoms with E-state index in [1.165, 1.54) is 6.07 Å². The van der Waals surface area contributed by atoms with Crippen LogP contribution in [0.4, 0.5) is 5.69 Å². The minimum Gasteiger partial charge on any atom is -0.283 e. The number of anilines is 1. The second-order valence-electron chi connectivity index (χ2n) is 5.83. The number of aromatic nitrogens is 1. The van der Waals surface area contributed by atoms with Crippen LogP contribution in [0.2, 0.25) is 10.0 Å². The molecule has 0 radical (unpaired) electrons. The third-order valence-corrected chi connectivity index (χ3v) is 5.57. The summed E-state index contributed by atoms with van der Waals surface area (Å²) in [7, 11) is -3.58. The zero-order valence-electron chi connectivity index (χ0n) is 13.7. The van der Waals surface area contributed by atoms with Crippen molar-refractivity contribution in [3.8, 4) is 0 Å². The molecule has 0 saturated carbocycles. The van der Waals surface area contributed by atoms with Crippen LogP contribution < -0.4 is 4.72 Å². The molecular formula is C19H16Cl2N2O2S. The largest absolute Gasteiger partial charge is 0.283 e. The van der Waals surface area contributed by atoms with Crippen LogP contribution >= 0.6 is 23.2 Å². The van der Waals surface area contributed by atoms with Gasteiger partial charge in [-0.05, 0) is 59.5 Å². The predicted molar refractivity (Wildman–Crippen MR) is 106 cm³/mol. The quantitative estimate of drug-likeness (QED) is 0.631. The van der Waals surface area contributed by atoms with E-state index in [0.717, 1.165) is 17.5 Å². The van der Waals surface area contributed by atoms with E-state index < -0.39 is 10.0 Å². The van der Waals surface area contributed by atoms with Crippen LogP contribution in [0.1, 0.15) is 16.7 Å². The van der Waals surface area contributed by atoms with Gasteiger partial charge in [-0.3, -0.25) is 9.71 Å². The molecule has 7 heteroatoms. The number of pyridine rings is 1. The zero-order valence-corrected chi connectivity index (χ0v) is 16.0. The van der Waals surface area contributed by atoms with Gasteiger partial charge in [-0.25, -0.2) is 8.42 Å². The van der Waals surface area contributed by atoms with Gasteiger partial charge in [0.1, 0.15) is 0 Å². The Labute approximate surface area is 162 Å². The van der Waals surface area contributed by atoms with Crippen LogP contribution in [0.25, 0.3) is 0 Å². The topological polar surface area (TPSA) is 59.1 Å². The second-order valence-corrected chi connectivity index (χ2v) is 8.39. The molecule has 0 fully saturated rings. The Morgan fingerprint density at radius 2 is 1.54 bits per heavy atom. The fourth-order valence-corrected chi connectivity index (χ4v) is 4.27. The summed E-state index contributed by atoms with van der Waals surface area (Å²) < 4.78 is 27.3. The third kappa shape index (κ3) is 5.21. The Morgan fingerprint density at radius 1 is 0.885 bits per heavy atom. The lowest BCUT2D eigenvalue weighted by molar-refractivity contribution is 0.600. The lowest BCUT2D eigenvalue weighted by Gasteiger charge is -2.10. The maximum Gasteiger partial charge on any atom is 0.236 e.